The molecule has 1 aromatic rings. The van der Waals surface area contributed by atoms with Crippen molar-refractivity contribution in [2.45, 2.75) is 26.3 Å². The zero-order chi connectivity index (χ0) is 13.8. The van der Waals surface area contributed by atoms with Gasteiger partial charge in [-0.2, -0.15) is 0 Å². The minimum Gasteiger partial charge on any atom is -0.497 e. The summed E-state index contributed by atoms with van der Waals surface area (Å²) in [7, 11) is 1.58. The average Bonchev–Trinajstić information content (AvgIpc) is 2.26. The van der Waals surface area contributed by atoms with Gasteiger partial charge in [-0.3, -0.25) is 10.1 Å². The Morgan fingerprint density at radius 2 is 1.78 bits per heavy atom. The third kappa shape index (κ3) is 4.71. The van der Waals surface area contributed by atoms with E-state index in [0.717, 1.165) is 0 Å². The largest absolute Gasteiger partial charge is 0.497 e. The molecule has 5 heteroatoms. The number of hydrogen-bond donors (Lipinski definition) is 2. The number of carbonyl (C=O) groups excluding carboxylic acids is 1. The first-order valence-corrected chi connectivity index (χ1v) is 6.00. The van der Waals surface area contributed by atoms with Gasteiger partial charge in [0.1, 0.15) is 5.75 Å². The molecule has 0 aliphatic carbocycles. The summed E-state index contributed by atoms with van der Waals surface area (Å²) < 4.78 is 5.03. The molecule has 1 aromatic carbocycles. The molecule has 0 aromatic heterocycles. The lowest BCUT2D eigenvalue weighted by atomic mass is 10.1. The molecule has 1 amide bonds. The van der Waals surface area contributed by atoms with Crippen molar-refractivity contribution in [3.8, 4) is 5.75 Å². The third-order valence-electron chi connectivity index (χ3n) is 2.07. The van der Waals surface area contributed by atoms with Gasteiger partial charge in [0.15, 0.2) is 5.11 Å². The van der Waals surface area contributed by atoms with Gasteiger partial charge in [-0.1, -0.05) is 0 Å². The standard InChI is InChI=1S/C13H18N2O2S/c1-13(2,3)15-12(18)14-11(16)9-5-7-10(17-4)8-6-9/h5-8H,1-4H3,(H2,14,15,16,18). The number of amides is 1. The maximum absolute atomic E-state index is 11.9. The molecule has 0 aliphatic rings. The molecule has 4 nitrogen and oxygen atoms in total. The Labute approximate surface area is 113 Å². The van der Waals surface area contributed by atoms with E-state index in [1.165, 1.54) is 0 Å². The second-order valence-corrected chi connectivity index (χ2v) is 5.29. The zero-order valence-corrected chi connectivity index (χ0v) is 11.9. The lowest BCUT2D eigenvalue weighted by Gasteiger charge is -2.22. The number of hydrogen-bond acceptors (Lipinski definition) is 3. The van der Waals surface area contributed by atoms with E-state index >= 15 is 0 Å². The summed E-state index contributed by atoms with van der Waals surface area (Å²) in [5, 5.41) is 5.97. The van der Waals surface area contributed by atoms with Crippen LogP contribution in [0.5, 0.6) is 5.75 Å². The summed E-state index contributed by atoms with van der Waals surface area (Å²) in [5.74, 6) is 0.473. The van der Waals surface area contributed by atoms with Gasteiger partial charge in [-0.15, -0.1) is 0 Å². The summed E-state index contributed by atoms with van der Waals surface area (Å²) in [6, 6.07) is 6.84. The van der Waals surface area contributed by atoms with Crippen molar-refractivity contribution in [3.05, 3.63) is 29.8 Å². The predicted octanol–water partition coefficient (Wildman–Crippen LogP) is 2.10. The van der Waals surface area contributed by atoms with Gasteiger partial charge in [0.25, 0.3) is 5.91 Å². The number of ether oxygens (including phenoxy) is 1. The van der Waals surface area contributed by atoms with Crippen LogP contribution in [0.1, 0.15) is 31.1 Å². The van der Waals surface area contributed by atoms with Crippen molar-refractivity contribution in [1.82, 2.24) is 10.6 Å². The monoisotopic (exact) mass is 266 g/mol. The van der Waals surface area contributed by atoms with E-state index in [9.17, 15) is 4.79 Å². The van der Waals surface area contributed by atoms with Crippen LogP contribution in [0.2, 0.25) is 0 Å². The SMILES string of the molecule is COc1ccc(C(=O)NC(=S)NC(C)(C)C)cc1. The van der Waals surface area contributed by atoms with Crippen LogP contribution < -0.4 is 15.4 Å². The highest BCUT2D eigenvalue weighted by Crippen LogP contribution is 2.11. The number of nitrogens with one attached hydrogen (secondary N) is 2. The van der Waals surface area contributed by atoms with E-state index in [1.54, 1.807) is 31.4 Å². The van der Waals surface area contributed by atoms with E-state index in [1.807, 2.05) is 20.8 Å². The molecule has 0 radical (unpaired) electrons. The van der Waals surface area contributed by atoms with E-state index in [2.05, 4.69) is 10.6 Å². The zero-order valence-electron chi connectivity index (χ0n) is 11.0. The first-order valence-electron chi connectivity index (χ1n) is 5.59. The fourth-order valence-electron chi connectivity index (χ4n) is 1.29. The molecule has 0 atom stereocenters. The van der Waals surface area contributed by atoms with Crippen molar-refractivity contribution >= 4 is 23.2 Å². The highest BCUT2D eigenvalue weighted by Gasteiger charge is 2.13. The maximum atomic E-state index is 11.9. The van der Waals surface area contributed by atoms with Crippen LogP contribution in [0.25, 0.3) is 0 Å². The Kier molecular flexibility index (Phi) is 4.67. The van der Waals surface area contributed by atoms with Gasteiger partial charge < -0.3 is 10.1 Å². The van der Waals surface area contributed by atoms with Gasteiger partial charge in [0.2, 0.25) is 0 Å². The van der Waals surface area contributed by atoms with Gasteiger partial charge in [0.05, 0.1) is 7.11 Å². The van der Waals surface area contributed by atoms with Gasteiger partial charge >= 0.3 is 0 Å². The highest BCUT2D eigenvalue weighted by molar-refractivity contribution is 7.80. The molecule has 0 spiro atoms. The number of rotatable bonds is 2. The minimum absolute atomic E-state index is 0.176. The van der Waals surface area contributed by atoms with Gasteiger partial charge in [0, 0.05) is 11.1 Å². The highest BCUT2D eigenvalue weighted by atomic mass is 32.1. The Bertz CT molecular complexity index is 435. The number of methoxy groups -OCH3 is 1. The molecule has 0 unspecified atom stereocenters. The van der Waals surface area contributed by atoms with E-state index in [4.69, 9.17) is 17.0 Å². The second kappa shape index (κ2) is 5.82. The van der Waals surface area contributed by atoms with E-state index < -0.39 is 0 Å². The van der Waals surface area contributed by atoms with Crippen LogP contribution in [0.4, 0.5) is 0 Å². The third-order valence-corrected chi connectivity index (χ3v) is 2.27. The molecule has 0 saturated carbocycles. The smallest absolute Gasteiger partial charge is 0.257 e. The van der Waals surface area contributed by atoms with Crippen molar-refractivity contribution in [1.29, 1.82) is 0 Å². The Morgan fingerprint density at radius 3 is 2.22 bits per heavy atom. The Hall–Kier alpha value is -1.62. The first kappa shape index (κ1) is 14.4. The number of carbonyl (C=O) groups is 1. The van der Waals surface area contributed by atoms with E-state index in [0.29, 0.717) is 16.4 Å². The average molecular weight is 266 g/mol. The molecule has 0 fully saturated rings. The molecule has 0 bridgehead atoms. The van der Waals surface area contributed by atoms with Crippen LogP contribution >= 0.6 is 12.2 Å². The van der Waals surface area contributed by atoms with Crippen molar-refractivity contribution < 1.29 is 9.53 Å². The summed E-state index contributed by atoms with van der Waals surface area (Å²) in [6.07, 6.45) is 0. The van der Waals surface area contributed by atoms with Gasteiger partial charge in [-0.25, -0.2) is 0 Å². The summed E-state index contributed by atoms with van der Waals surface area (Å²) in [5.41, 5.74) is 0.360. The van der Waals surface area contributed by atoms with Crippen molar-refractivity contribution in [2.24, 2.45) is 0 Å². The van der Waals surface area contributed by atoms with Crippen molar-refractivity contribution in [3.63, 3.8) is 0 Å². The van der Waals surface area contributed by atoms with Crippen molar-refractivity contribution in [2.75, 3.05) is 7.11 Å². The lowest BCUT2D eigenvalue weighted by molar-refractivity contribution is 0.0976. The summed E-state index contributed by atoms with van der Waals surface area (Å²) >= 11 is 5.06. The fourth-order valence-corrected chi connectivity index (χ4v) is 1.69. The summed E-state index contributed by atoms with van der Waals surface area (Å²) in [6.45, 7) is 5.91. The second-order valence-electron chi connectivity index (χ2n) is 4.89. The molecular weight excluding hydrogens is 248 g/mol. The summed E-state index contributed by atoms with van der Waals surface area (Å²) in [4.78, 5) is 11.9. The first-order chi connectivity index (χ1) is 8.31. The molecule has 2 N–H and O–H groups in total. The number of thiocarbonyl (C=S) groups is 1. The molecular formula is C13H18N2O2S. The van der Waals surface area contributed by atoms with E-state index in [-0.39, 0.29) is 11.4 Å². The molecule has 98 valence electrons. The van der Waals surface area contributed by atoms with Crippen LogP contribution in [-0.4, -0.2) is 23.7 Å². The lowest BCUT2D eigenvalue weighted by Crippen LogP contribution is -2.48. The van der Waals surface area contributed by atoms with Gasteiger partial charge in [-0.05, 0) is 57.3 Å². The quantitative estimate of drug-likeness (QED) is 0.805. The molecule has 0 aliphatic heterocycles. The molecule has 1 rings (SSSR count). The maximum Gasteiger partial charge on any atom is 0.257 e. The molecule has 0 saturated heterocycles. The van der Waals surface area contributed by atoms with Crippen LogP contribution in [0, 0.1) is 0 Å². The Balaban J connectivity index is 2.62. The fraction of sp³-hybridized carbons (Fsp3) is 0.385. The normalized spacial score (nSPS) is 10.7. The van der Waals surface area contributed by atoms with Crippen LogP contribution in [-0.2, 0) is 0 Å². The van der Waals surface area contributed by atoms with Crippen LogP contribution in [0.15, 0.2) is 24.3 Å². The molecule has 18 heavy (non-hydrogen) atoms. The predicted molar refractivity (Wildman–Crippen MR) is 75.9 cm³/mol. The minimum atomic E-state index is -0.237. The molecule has 0 heterocycles. The Morgan fingerprint density at radius 1 is 1.22 bits per heavy atom. The van der Waals surface area contributed by atoms with Crippen LogP contribution in [0.3, 0.4) is 0 Å². The topological polar surface area (TPSA) is 50.4 Å². The number of benzene rings is 1.